The maximum Gasteiger partial charge on any atom is 0.305 e. The number of fused-ring (bicyclic) bond motifs is 1. The van der Waals surface area contributed by atoms with Crippen molar-refractivity contribution in [1.82, 2.24) is 15.2 Å². The van der Waals surface area contributed by atoms with E-state index in [4.69, 9.17) is 0 Å². The van der Waals surface area contributed by atoms with E-state index < -0.39 is 0 Å². The largest absolute Gasteiger partial charge is 0.315 e. The summed E-state index contributed by atoms with van der Waals surface area (Å²) in [5.74, 6) is 0. The highest BCUT2D eigenvalue weighted by atomic mass is 32.1. The first-order chi connectivity index (χ1) is 11.8. The minimum Gasteiger partial charge on any atom is -0.315 e. The van der Waals surface area contributed by atoms with Crippen molar-refractivity contribution in [2.45, 2.75) is 13.0 Å². The fourth-order valence-electron chi connectivity index (χ4n) is 3.31. The van der Waals surface area contributed by atoms with Crippen LogP contribution < -0.4 is 10.2 Å². The van der Waals surface area contributed by atoms with Gasteiger partial charge in [0.15, 0.2) is 0 Å². The van der Waals surface area contributed by atoms with Gasteiger partial charge in [-0.25, -0.2) is 0 Å². The maximum absolute atomic E-state index is 12.0. The first-order valence-corrected chi connectivity index (χ1v) is 9.25. The molecule has 0 saturated carbocycles. The number of nitrogens with zero attached hydrogens (tertiary/aromatic N) is 1. The average molecular weight is 339 g/mol. The number of hydrogen-bond donors (Lipinski definition) is 2. The van der Waals surface area contributed by atoms with Crippen LogP contribution in [-0.2, 0) is 6.54 Å². The van der Waals surface area contributed by atoms with Gasteiger partial charge in [0.25, 0.3) is 0 Å². The van der Waals surface area contributed by atoms with Crippen molar-refractivity contribution in [2.24, 2.45) is 0 Å². The molecule has 2 aromatic carbocycles. The lowest BCUT2D eigenvalue weighted by Gasteiger charge is -2.19. The van der Waals surface area contributed by atoms with Gasteiger partial charge in [-0.1, -0.05) is 47.7 Å². The van der Waals surface area contributed by atoms with E-state index >= 15 is 0 Å². The molecule has 124 valence electrons. The number of rotatable bonds is 3. The van der Waals surface area contributed by atoms with E-state index in [2.05, 4.69) is 45.5 Å². The smallest absolute Gasteiger partial charge is 0.305 e. The van der Waals surface area contributed by atoms with Gasteiger partial charge in [0.05, 0.1) is 5.69 Å². The molecule has 24 heavy (non-hydrogen) atoms. The van der Waals surface area contributed by atoms with Gasteiger partial charge in [-0.05, 0) is 41.9 Å². The van der Waals surface area contributed by atoms with Crippen molar-refractivity contribution in [3.63, 3.8) is 0 Å². The molecule has 1 saturated heterocycles. The van der Waals surface area contributed by atoms with E-state index in [0.29, 0.717) is 0 Å². The van der Waals surface area contributed by atoms with Crippen molar-refractivity contribution in [3.05, 3.63) is 57.0 Å². The van der Waals surface area contributed by atoms with Gasteiger partial charge in [-0.15, -0.1) is 0 Å². The molecule has 0 radical (unpaired) electrons. The number of aromatic nitrogens is 1. The number of benzene rings is 2. The molecule has 0 unspecified atom stereocenters. The molecule has 0 aliphatic carbocycles. The molecule has 5 heteroatoms. The van der Waals surface area contributed by atoms with Crippen LogP contribution in [0.25, 0.3) is 22.0 Å². The first kappa shape index (κ1) is 15.6. The lowest BCUT2D eigenvalue weighted by Crippen LogP contribution is -2.27. The summed E-state index contributed by atoms with van der Waals surface area (Å²) in [4.78, 5) is 18.6. The lowest BCUT2D eigenvalue weighted by atomic mass is 10.0. The van der Waals surface area contributed by atoms with Gasteiger partial charge < -0.3 is 10.3 Å². The van der Waals surface area contributed by atoms with Crippen LogP contribution in [0.3, 0.4) is 0 Å². The Kier molecular flexibility index (Phi) is 4.47. The van der Waals surface area contributed by atoms with Crippen LogP contribution in [0.2, 0.25) is 0 Å². The van der Waals surface area contributed by atoms with E-state index in [1.165, 1.54) is 22.1 Å². The van der Waals surface area contributed by atoms with Crippen LogP contribution in [0, 0.1) is 0 Å². The van der Waals surface area contributed by atoms with E-state index in [-0.39, 0.29) is 4.87 Å². The highest BCUT2D eigenvalue weighted by Gasteiger charge is 2.15. The normalized spacial score (nSPS) is 16.3. The summed E-state index contributed by atoms with van der Waals surface area (Å²) >= 11 is 1.34. The Labute approximate surface area is 145 Å². The van der Waals surface area contributed by atoms with Crippen LogP contribution in [0.5, 0.6) is 0 Å². The zero-order chi connectivity index (χ0) is 16.4. The summed E-state index contributed by atoms with van der Waals surface area (Å²) in [5.41, 5.74) is 2.07. The number of hydrogen-bond acceptors (Lipinski definition) is 4. The molecule has 2 heterocycles. The molecule has 0 spiro atoms. The molecule has 1 aromatic heterocycles. The molecule has 1 aliphatic rings. The predicted molar refractivity (Wildman–Crippen MR) is 101 cm³/mol. The second-order valence-electron chi connectivity index (χ2n) is 6.25. The number of nitrogens with one attached hydrogen (secondary N) is 2. The van der Waals surface area contributed by atoms with Crippen molar-refractivity contribution in [3.8, 4) is 11.3 Å². The van der Waals surface area contributed by atoms with E-state index in [1.807, 2.05) is 12.1 Å². The van der Waals surface area contributed by atoms with E-state index in [1.54, 1.807) is 0 Å². The quantitative estimate of drug-likeness (QED) is 0.771. The molecular weight excluding hydrogens is 318 g/mol. The topological polar surface area (TPSA) is 48.1 Å². The molecule has 0 amide bonds. The number of thiazole rings is 1. The van der Waals surface area contributed by atoms with E-state index in [9.17, 15) is 4.79 Å². The van der Waals surface area contributed by atoms with Gasteiger partial charge in [-0.2, -0.15) is 0 Å². The first-order valence-electron chi connectivity index (χ1n) is 8.44. The zero-order valence-electron chi connectivity index (χ0n) is 13.5. The lowest BCUT2D eigenvalue weighted by molar-refractivity contribution is 0.287. The highest BCUT2D eigenvalue weighted by molar-refractivity contribution is 7.09. The maximum atomic E-state index is 12.0. The van der Waals surface area contributed by atoms with E-state index in [0.717, 1.165) is 55.3 Å². The van der Waals surface area contributed by atoms with Crippen LogP contribution >= 0.6 is 11.3 Å². The van der Waals surface area contributed by atoms with Gasteiger partial charge in [0.1, 0.15) is 0 Å². The highest BCUT2D eigenvalue weighted by Crippen LogP contribution is 2.27. The fraction of sp³-hybridized carbons (Fsp3) is 0.316. The summed E-state index contributed by atoms with van der Waals surface area (Å²) in [7, 11) is 0. The zero-order valence-corrected chi connectivity index (χ0v) is 14.4. The molecule has 2 N–H and O–H groups in total. The van der Waals surface area contributed by atoms with Crippen molar-refractivity contribution >= 4 is 22.1 Å². The monoisotopic (exact) mass is 339 g/mol. The second-order valence-corrected chi connectivity index (χ2v) is 7.32. The Morgan fingerprint density at radius 3 is 2.83 bits per heavy atom. The summed E-state index contributed by atoms with van der Waals surface area (Å²) in [6.07, 6.45) is 1.16. The Bertz CT molecular complexity index is 891. The number of aromatic amines is 1. The van der Waals surface area contributed by atoms with Gasteiger partial charge >= 0.3 is 4.87 Å². The molecule has 1 fully saturated rings. The third-order valence-corrected chi connectivity index (χ3v) is 5.43. The second kappa shape index (κ2) is 6.89. The third kappa shape index (κ3) is 3.29. The summed E-state index contributed by atoms with van der Waals surface area (Å²) < 4.78 is 0. The Morgan fingerprint density at radius 1 is 1.04 bits per heavy atom. The van der Waals surface area contributed by atoms with Crippen LogP contribution in [-0.4, -0.2) is 36.1 Å². The number of H-pyrrole nitrogens is 1. The van der Waals surface area contributed by atoms with Crippen molar-refractivity contribution < 1.29 is 0 Å². The molecule has 4 nitrogen and oxygen atoms in total. The van der Waals surface area contributed by atoms with Gasteiger partial charge in [0.2, 0.25) is 0 Å². The summed E-state index contributed by atoms with van der Waals surface area (Å²) in [6, 6.07) is 14.7. The SMILES string of the molecule is O=c1[nH]c(-c2ccc3ccccc3c2)c(CN2CCCNCC2)s1. The summed E-state index contributed by atoms with van der Waals surface area (Å²) in [6.45, 7) is 5.05. The Balaban J connectivity index is 1.68. The summed E-state index contributed by atoms with van der Waals surface area (Å²) in [5, 5.41) is 5.85. The standard InChI is InChI=1S/C19H21N3OS/c23-19-21-18(16-7-6-14-4-1-2-5-15(14)12-16)17(24-19)13-22-10-3-8-20-9-11-22/h1-2,4-7,12,20H,3,8-11,13H2,(H,21,23). The van der Waals surface area contributed by atoms with Crippen LogP contribution in [0.4, 0.5) is 0 Å². The molecule has 1 aliphatic heterocycles. The fourth-order valence-corrected chi connectivity index (χ4v) is 4.21. The molecular formula is C19H21N3OS. The predicted octanol–water partition coefficient (Wildman–Crippen LogP) is 3.05. The third-order valence-electron chi connectivity index (χ3n) is 4.56. The van der Waals surface area contributed by atoms with Crippen molar-refractivity contribution in [2.75, 3.05) is 26.2 Å². The average Bonchev–Trinajstić information content (AvgIpc) is 2.80. The minimum atomic E-state index is 0.0288. The minimum absolute atomic E-state index is 0.0288. The molecule has 0 atom stereocenters. The van der Waals surface area contributed by atoms with Crippen LogP contribution in [0.15, 0.2) is 47.3 Å². The van der Waals surface area contributed by atoms with Crippen LogP contribution in [0.1, 0.15) is 11.3 Å². The molecule has 0 bridgehead atoms. The molecule has 3 aromatic rings. The van der Waals surface area contributed by atoms with Gasteiger partial charge in [0, 0.05) is 24.5 Å². The Morgan fingerprint density at radius 2 is 1.92 bits per heavy atom. The Hall–Kier alpha value is -1.95. The molecule has 4 rings (SSSR count). The van der Waals surface area contributed by atoms with Crippen molar-refractivity contribution in [1.29, 1.82) is 0 Å². The van der Waals surface area contributed by atoms with Gasteiger partial charge in [-0.3, -0.25) is 9.69 Å².